The van der Waals surface area contributed by atoms with Crippen molar-refractivity contribution in [1.82, 2.24) is 0 Å². The second-order valence-corrected chi connectivity index (χ2v) is 20.1. The minimum absolute atomic E-state index is 0.138. The molecule has 0 saturated carbocycles. The number of esters is 2. The van der Waals surface area contributed by atoms with Crippen molar-refractivity contribution in [3.05, 3.63) is 48.6 Å². The number of hydrogen-bond donors (Lipinski definition) is 7. The summed E-state index contributed by atoms with van der Waals surface area (Å²) in [4.78, 5) is 25.9. The van der Waals surface area contributed by atoms with Gasteiger partial charge in [0.1, 0.15) is 55.4 Å². The lowest BCUT2D eigenvalue weighted by atomic mass is 9.98. The van der Waals surface area contributed by atoms with Crippen LogP contribution in [0.3, 0.4) is 0 Å². The lowest BCUT2D eigenvalue weighted by molar-refractivity contribution is -0.332. The van der Waals surface area contributed by atoms with Crippen molar-refractivity contribution >= 4 is 11.9 Å². The number of ether oxygens (including phenoxy) is 6. The summed E-state index contributed by atoms with van der Waals surface area (Å²) in [5, 5.41) is 72.2. The standard InChI is InChI=1S/C58H102O15/c1-3-5-7-9-11-13-15-17-19-21-22-23-25-26-28-30-32-34-36-38-40-49(60)68-43-46(71-50(61)41-39-37-35-33-31-29-27-24-20-18-16-14-12-10-8-6-4-2)44-69-57-56(67)54(65)52(63)48(73-57)45-70-58-55(66)53(64)51(62)47(42-59)72-58/h6,8,12,14,18,20,27,29,46-48,51-59,62-67H,3-5,7,9-11,13,15-17,19,21-26,28,30-45H2,1-2H3/b8-6-,14-12-,20-18-,29-27-. The first-order valence-electron chi connectivity index (χ1n) is 28.7. The maximum Gasteiger partial charge on any atom is 0.306 e. The fourth-order valence-corrected chi connectivity index (χ4v) is 8.92. The molecule has 2 heterocycles. The molecule has 11 unspecified atom stereocenters. The zero-order chi connectivity index (χ0) is 53.2. The number of hydrogen-bond acceptors (Lipinski definition) is 15. The van der Waals surface area contributed by atoms with Crippen molar-refractivity contribution < 1.29 is 73.8 Å². The highest BCUT2D eigenvalue weighted by Gasteiger charge is 2.47. The average Bonchev–Trinajstić information content (AvgIpc) is 3.38. The molecular weight excluding hydrogens is 937 g/mol. The highest BCUT2D eigenvalue weighted by atomic mass is 16.7. The average molecular weight is 1040 g/mol. The third-order valence-electron chi connectivity index (χ3n) is 13.6. The van der Waals surface area contributed by atoms with Crippen molar-refractivity contribution in [3.63, 3.8) is 0 Å². The van der Waals surface area contributed by atoms with Crippen LogP contribution in [-0.4, -0.2) is 142 Å². The van der Waals surface area contributed by atoms with Gasteiger partial charge in [0.2, 0.25) is 0 Å². The van der Waals surface area contributed by atoms with Gasteiger partial charge in [-0.2, -0.15) is 0 Å². The topological polar surface area (TPSA) is 231 Å². The number of allylic oxidation sites excluding steroid dienone is 8. The van der Waals surface area contributed by atoms with Crippen LogP contribution in [0.2, 0.25) is 0 Å². The van der Waals surface area contributed by atoms with Crippen LogP contribution in [0.25, 0.3) is 0 Å². The molecule has 11 atom stereocenters. The van der Waals surface area contributed by atoms with Crippen LogP contribution in [0.5, 0.6) is 0 Å². The molecule has 424 valence electrons. The van der Waals surface area contributed by atoms with E-state index in [0.717, 1.165) is 70.6 Å². The van der Waals surface area contributed by atoms with E-state index in [-0.39, 0.29) is 19.4 Å². The molecule has 0 amide bonds. The number of rotatable bonds is 45. The maximum atomic E-state index is 13.0. The monoisotopic (exact) mass is 1040 g/mol. The van der Waals surface area contributed by atoms with E-state index in [2.05, 4.69) is 62.5 Å². The van der Waals surface area contributed by atoms with E-state index >= 15 is 0 Å². The minimum Gasteiger partial charge on any atom is -0.462 e. The predicted molar refractivity (Wildman–Crippen MR) is 284 cm³/mol. The van der Waals surface area contributed by atoms with Gasteiger partial charge in [-0.25, -0.2) is 0 Å². The van der Waals surface area contributed by atoms with Crippen LogP contribution in [0.15, 0.2) is 48.6 Å². The Kier molecular flexibility index (Phi) is 40.6. The van der Waals surface area contributed by atoms with Gasteiger partial charge >= 0.3 is 11.9 Å². The van der Waals surface area contributed by atoms with Gasteiger partial charge in [-0.1, -0.05) is 197 Å². The van der Waals surface area contributed by atoms with Crippen molar-refractivity contribution in [2.24, 2.45) is 0 Å². The Morgan fingerprint density at radius 1 is 0.452 bits per heavy atom. The van der Waals surface area contributed by atoms with Gasteiger partial charge in [0.25, 0.3) is 0 Å². The van der Waals surface area contributed by atoms with E-state index in [4.69, 9.17) is 28.4 Å². The molecule has 0 aliphatic carbocycles. The Balaban J connectivity index is 1.76. The zero-order valence-electron chi connectivity index (χ0n) is 45.1. The highest BCUT2D eigenvalue weighted by Crippen LogP contribution is 2.27. The molecule has 2 aliphatic rings. The molecular formula is C58H102O15. The van der Waals surface area contributed by atoms with Crippen LogP contribution < -0.4 is 0 Å². The summed E-state index contributed by atoms with van der Waals surface area (Å²) in [6.07, 6.45) is 34.2. The van der Waals surface area contributed by atoms with Crippen LogP contribution in [0, 0.1) is 0 Å². The second kappa shape index (κ2) is 44.6. The van der Waals surface area contributed by atoms with E-state index in [1.54, 1.807) is 0 Å². The fourth-order valence-electron chi connectivity index (χ4n) is 8.92. The Bertz CT molecular complexity index is 1450. The Morgan fingerprint density at radius 2 is 0.863 bits per heavy atom. The van der Waals surface area contributed by atoms with Gasteiger partial charge in [0.15, 0.2) is 18.7 Å². The third-order valence-corrected chi connectivity index (χ3v) is 13.6. The molecule has 2 rings (SSSR count). The van der Waals surface area contributed by atoms with Gasteiger partial charge in [-0.05, 0) is 51.4 Å². The van der Waals surface area contributed by atoms with Crippen LogP contribution in [-0.2, 0) is 38.0 Å². The molecule has 0 aromatic carbocycles. The lowest BCUT2D eigenvalue weighted by Gasteiger charge is -2.42. The summed E-state index contributed by atoms with van der Waals surface area (Å²) in [5.74, 6) is -0.946. The molecule has 7 N–H and O–H groups in total. The molecule has 15 nitrogen and oxygen atoms in total. The van der Waals surface area contributed by atoms with Gasteiger partial charge in [-0.15, -0.1) is 0 Å². The normalized spacial score (nSPS) is 25.2. The van der Waals surface area contributed by atoms with Crippen molar-refractivity contribution in [2.75, 3.05) is 26.4 Å². The first-order valence-corrected chi connectivity index (χ1v) is 28.7. The Morgan fingerprint density at radius 3 is 1.36 bits per heavy atom. The fraction of sp³-hybridized carbons (Fsp3) is 0.828. The number of aliphatic hydroxyl groups is 7. The van der Waals surface area contributed by atoms with E-state index in [1.807, 2.05) is 0 Å². The molecule has 0 radical (unpaired) electrons. The Labute approximate surface area is 439 Å². The smallest absolute Gasteiger partial charge is 0.306 e. The maximum absolute atomic E-state index is 13.0. The molecule has 73 heavy (non-hydrogen) atoms. The largest absolute Gasteiger partial charge is 0.462 e. The van der Waals surface area contributed by atoms with Gasteiger partial charge in [0.05, 0.1) is 19.8 Å². The molecule has 0 spiro atoms. The number of carbonyl (C=O) groups is 2. The van der Waals surface area contributed by atoms with Crippen molar-refractivity contribution in [3.8, 4) is 0 Å². The van der Waals surface area contributed by atoms with E-state index in [9.17, 15) is 45.3 Å². The third kappa shape index (κ3) is 32.0. The number of carbonyl (C=O) groups excluding carboxylic acids is 2. The second-order valence-electron chi connectivity index (χ2n) is 20.1. The minimum atomic E-state index is -1.77. The Hall–Kier alpha value is -2.54. The summed E-state index contributed by atoms with van der Waals surface area (Å²) in [5.41, 5.74) is 0. The quantitative estimate of drug-likeness (QED) is 0.0171. The van der Waals surface area contributed by atoms with Gasteiger partial charge < -0.3 is 64.2 Å². The van der Waals surface area contributed by atoms with Crippen molar-refractivity contribution in [1.29, 1.82) is 0 Å². The molecule has 0 bridgehead atoms. The molecule has 2 aliphatic heterocycles. The highest BCUT2D eigenvalue weighted by molar-refractivity contribution is 5.70. The SMILES string of the molecule is CC/C=C\C/C=C\C/C=C\C/C=C\CCCCCCC(=O)OC(COC(=O)CCCCCCCCCCCCCCCCCCCCCC)COC1OC(COC2OC(CO)C(O)C(O)C2O)C(O)C(O)C1O. The zero-order valence-corrected chi connectivity index (χ0v) is 45.1. The van der Waals surface area contributed by atoms with E-state index in [0.29, 0.717) is 12.8 Å². The molecule has 0 aromatic heterocycles. The molecule has 15 heteroatoms. The van der Waals surface area contributed by atoms with E-state index < -0.39 is 99.3 Å². The van der Waals surface area contributed by atoms with Crippen LogP contribution in [0.1, 0.15) is 213 Å². The summed E-state index contributed by atoms with van der Waals surface area (Å²) >= 11 is 0. The molecule has 2 fully saturated rings. The first kappa shape index (κ1) is 66.6. The first-order chi connectivity index (χ1) is 35.5. The van der Waals surface area contributed by atoms with Crippen molar-refractivity contribution in [2.45, 2.75) is 280 Å². The summed E-state index contributed by atoms with van der Waals surface area (Å²) in [6.45, 7) is 2.48. The van der Waals surface area contributed by atoms with E-state index in [1.165, 1.54) is 103 Å². The van der Waals surface area contributed by atoms with Crippen LogP contribution >= 0.6 is 0 Å². The summed E-state index contributed by atoms with van der Waals surface area (Å²) in [7, 11) is 0. The molecule has 2 saturated heterocycles. The summed E-state index contributed by atoms with van der Waals surface area (Å²) < 4.78 is 33.7. The predicted octanol–water partition coefficient (Wildman–Crippen LogP) is 9.44. The molecule has 0 aromatic rings. The lowest BCUT2D eigenvalue weighted by Crippen LogP contribution is -2.61. The van der Waals surface area contributed by atoms with Gasteiger partial charge in [0, 0.05) is 12.8 Å². The number of aliphatic hydroxyl groups excluding tert-OH is 7. The van der Waals surface area contributed by atoms with Crippen LogP contribution in [0.4, 0.5) is 0 Å². The summed E-state index contributed by atoms with van der Waals surface area (Å²) in [6, 6.07) is 0. The number of unbranched alkanes of at least 4 members (excludes halogenated alkanes) is 23. The van der Waals surface area contributed by atoms with Gasteiger partial charge in [-0.3, -0.25) is 9.59 Å².